The van der Waals surface area contributed by atoms with E-state index in [0.29, 0.717) is 24.7 Å². The minimum atomic E-state index is 0.112. The standard InChI is InChI=1S/C21H23N3O2S/c1-4-24(5-2)19(25)14-27-21-17-13-16(26-3)11-12-18(17)22-20(23-21)15-9-7-6-8-10-15/h6-13H,4-5,14H2,1-3H3. The molecule has 0 saturated heterocycles. The van der Waals surface area contributed by atoms with E-state index in [1.807, 2.05) is 67.3 Å². The molecular formula is C21H23N3O2S. The normalized spacial score (nSPS) is 10.8. The van der Waals surface area contributed by atoms with E-state index in [1.54, 1.807) is 7.11 Å². The van der Waals surface area contributed by atoms with E-state index in [4.69, 9.17) is 14.7 Å². The van der Waals surface area contributed by atoms with Crippen molar-refractivity contribution in [1.82, 2.24) is 14.9 Å². The van der Waals surface area contributed by atoms with Crippen LogP contribution in [0.4, 0.5) is 0 Å². The highest BCUT2D eigenvalue weighted by atomic mass is 32.2. The molecule has 0 N–H and O–H groups in total. The molecule has 5 nitrogen and oxygen atoms in total. The zero-order chi connectivity index (χ0) is 19.2. The average Bonchev–Trinajstić information content (AvgIpc) is 2.73. The van der Waals surface area contributed by atoms with Crippen LogP contribution in [0.2, 0.25) is 0 Å². The van der Waals surface area contributed by atoms with Crippen molar-refractivity contribution >= 4 is 28.6 Å². The number of carbonyl (C=O) groups excluding carboxylic acids is 1. The number of hydrogen-bond acceptors (Lipinski definition) is 5. The van der Waals surface area contributed by atoms with E-state index in [1.165, 1.54) is 11.8 Å². The van der Waals surface area contributed by atoms with Gasteiger partial charge in [-0.2, -0.15) is 0 Å². The number of rotatable bonds is 7. The third-order valence-electron chi connectivity index (χ3n) is 4.35. The predicted octanol–water partition coefficient (Wildman–Crippen LogP) is 4.27. The van der Waals surface area contributed by atoms with Crippen molar-refractivity contribution in [2.45, 2.75) is 18.9 Å². The number of fused-ring (bicyclic) bond motifs is 1. The molecular weight excluding hydrogens is 358 g/mol. The van der Waals surface area contributed by atoms with Crippen LogP contribution in [0.5, 0.6) is 5.75 Å². The zero-order valence-corrected chi connectivity index (χ0v) is 16.6. The number of aromatic nitrogens is 2. The first-order chi connectivity index (χ1) is 13.2. The quantitative estimate of drug-likeness (QED) is 0.452. The van der Waals surface area contributed by atoms with Crippen molar-refractivity contribution in [2.75, 3.05) is 26.0 Å². The van der Waals surface area contributed by atoms with Crippen molar-refractivity contribution in [3.8, 4) is 17.1 Å². The van der Waals surface area contributed by atoms with Crippen LogP contribution in [0.1, 0.15) is 13.8 Å². The van der Waals surface area contributed by atoms with Gasteiger partial charge in [0.25, 0.3) is 0 Å². The Kier molecular flexibility index (Phi) is 6.29. The molecule has 0 aliphatic rings. The van der Waals surface area contributed by atoms with Gasteiger partial charge in [-0.15, -0.1) is 0 Å². The molecule has 3 rings (SSSR count). The molecule has 3 aromatic rings. The number of thioether (sulfide) groups is 1. The van der Waals surface area contributed by atoms with Gasteiger partial charge in [-0.3, -0.25) is 4.79 Å². The highest BCUT2D eigenvalue weighted by Crippen LogP contribution is 2.31. The molecule has 0 aliphatic carbocycles. The van der Waals surface area contributed by atoms with E-state index in [9.17, 15) is 4.79 Å². The minimum Gasteiger partial charge on any atom is -0.497 e. The monoisotopic (exact) mass is 381 g/mol. The summed E-state index contributed by atoms with van der Waals surface area (Å²) in [7, 11) is 1.64. The van der Waals surface area contributed by atoms with Crippen LogP contribution in [0.15, 0.2) is 53.6 Å². The van der Waals surface area contributed by atoms with E-state index >= 15 is 0 Å². The van der Waals surface area contributed by atoms with Gasteiger partial charge in [0.15, 0.2) is 5.82 Å². The first kappa shape index (κ1) is 19.2. The van der Waals surface area contributed by atoms with E-state index in [0.717, 1.165) is 27.2 Å². The van der Waals surface area contributed by atoms with Crippen LogP contribution in [0.25, 0.3) is 22.3 Å². The molecule has 2 aromatic carbocycles. The summed E-state index contributed by atoms with van der Waals surface area (Å²) in [6.07, 6.45) is 0. The molecule has 0 spiro atoms. The maximum absolute atomic E-state index is 12.4. The Balaban J connectivity index is 2.00. The van der Waals surface area contributed by atoms with Crippen molar-refractivity contribution in [3.05, 3.63) is 48.5 Å². The number of methoxy groups -OCH3 is 1. The third kappa shape index (κ3) is 4.39. The Morgan fingerprint density at radius 3 is 2.48 bits per heavy atom. The molecule has 6 heteroatoms. The fraction of sp³-hybridized carbons (Fsp3) is 0.286. The minimum absolute atomic E-state index is 0.112. The van der Waals surface area contributed by atoms with Gasteiger partial charge >= 0.3 is 0 Å². The lowest BCUT2D eigenvalue weighted by atomic mass is 10.2. The summed E-state index contributed by atoms with van der Waals surface area (Å²) in [5.41, 5.74) is 1.79. The Bertz CT molecular complexity index is 927. The van der Waals surface area contributed by atoms with E-state index in [2.05, 4.69) is 0 Å². The number of ether oxygens (including phenoxy) is 1. The molecule has 0 atom stereocenters. The third-order valence-corrected chi connectivity index (χ3v) is 5.32. The Labute approximate surface area is 163 Å². The van der Waals surface area contributed by atoms with Gasteiger partial charge in [0, 0.05) is 24.0 Å². The first-order valence-corrected chi connectivity index (χ1v) is 9.96. The average molecular weight is 382 g/mol. The van der Waals surface area contributed by atoms with Crippen molar-refractivity contribution in [1.29, 1.82) is 0 Å². The lowest BCUT2D eigenvalue weighted by Gasteiger charge is -2.18. The van der Waals surface area contributed by atoms with Crippen LogP contribution < -0.4 is 4.74 Å². The number of benzene rings is 2. The van der Waals surface area contributed by atoms with Crippen molar-refractivity contribution in [3.63, 3.8) is 0 Å². The van der Waals surface area contributed by atoms with Gasteiger partial charge in [-0.05, 0) is 32.0 Å². The van der Waals surface area contributed by atoms with Crippen molar-refractivity contribution in [2.24, 2.45) is 0 Å². The van der Waals surface area contributed by atoms with Gasteiger partial charge in [-0.25, -0.2) is 9.97 Å². The topological polar surface area (TPSA) is 55.3 Å². The maximum Gasteiger partial charge on any atom is 0.232 e. The molecule has 140 valence electrons. The summed E-state index contributed by atoms with van der Waals surface area (Å²) in [4.78, 5) is 23.7. The van der Waals surface area contributed by atoms with Crippen molar-refractivity contribution < 1.29 is 9.53 Å². The van der Waals surface area contributed by atoms with Gasteiger partial charge in [0.1, 0.15) is 10.8 Å². The van der Waals surface area contributed by atoms with Gasteiger partial charge in [0.2, 0.25) is 5.91 Å². The highest BCUT2D eigenvalue weighted by molar-refractivity contribution is 8.00. The van der Waals surface area contributed by atoms with Crippen LogP contribution >= 0.6 is 11.8 Å². The fourth-order valence-electron chi connectivity index (χ4n) is 2.83. The first-order valence-electron chi connectivity index (χ1n) is 8.98. The summed E-state index contributed by atoms with van der Waals surface area (Å²) in [5, 5.41) is 1.68. The Morgan fingerprint density at radius 2 is 1.81 bits per heavy atom. The lowest BCUT2D eigenvalue weighted by molar-refractivity contribution is -0.127. The SMILES string of the molecule is CCN(CC)C(=O)CSc1nc(-c2ccccc2)nc2ccc(OC)cc12. The number of nitrogens with zero attached hydrogens (tertiary/aromatic N) is 3. The number of carbonyl (C=O) groups is 1. The summed E-state index contributed by atoms with van der Waals surface area (Å²) >= 11 is 1.45. The maximum atomic E-state index is 12.4. The largest absolute Gasteiger partial charge is 0.497 e. The fourth-order valence-corrected chi connectivity index (χ4v) is 3.74. The lowest BCUT2D eigenvalue weighted by Crippen LogP contribution is -2.31. The van der Waals surface area contributed by atoms with E-state index < -0.39 is 0 Å². The van der Waals surface area contributed by atoms with Crippen LogP contribution in [0.3, 0.4) is 0 Å². The molecule has 1 heterocycles. The molecule has 1 aromatic heterocycles. The van der Waals surface area contributed by atoms with Gasteiger partial charge in [0.05, 0.1) is 18.4 Å². The zero-order valence-electron chi connectivity index (χ0n) is 15.8. The summed E-state index contributed by atoms with van der Waals surface area (Å²) in [6, 6.07) is 15.6. The van der Waals surface area contributed by atoms with Gasteiger partial charge in [-0.1, -0.05) is 42.1 Å². The molecule has 0 saturated carbocycles. The summed E-state index contributed by atoms with van der Waals surface area (Å²) < 4.78 is 5.35. The highest BCUT2D eigenvalue weighted by Gasteiger charge is 2.15. The summed E-state index contributed by atoms with van der Waals surface area (Å²) in [6.45, 7) is 5.40. The molecule has 0 radical (unpaired) electrons. The van der Waals surface area contributed by atoms with Gasteiger partial charge < -0.3 is 9.64 Å². The molecule has 0 bridgehead atoms. The summed E-state index contributed by atoms with van der Waals surface area (Å²) in [5.74, 6) is 1.86. The second-order valence-electron chi connectivity index (χ2n) is 5.96. The number of amides is 1. The van der Waals surface area contributed by atoms with Crippen LogP contribution in [-0.4, -0.2) is 46.7 Å². The molecule has 1 amide bonds. The van der Waals surface area contributed by atoms with Crippen LogP contribution in [-0.2, 0) is 4.79 Å². The molecule has 0 fully saturated rings. The Morgan fingerprint density at radius 1 is 1.07 bits per heavy atom. The smallest absolute Gasteiger partial charge is 0.232 e. The second-order valence-corrected chi connectivity index (χ2v) is 6.92. The Hall–Kier alpha value is -2.60. The second kappa shape index (κ2) is 8.86. The molecule has 0 aliphatic heterocycles. The molecule has 0 unspecified atom stereocenters. The van der Waals surface area contributed by atoms with E-state index in [-0.39, 0.29) is 5.91 Å². The number of hydrogen-bond donors (Lipinski definition) is 0. The van der Waals surface area contributed by atoms with Crippen LogP contribution in [0, 0.1) is 0 Å². The molecule has 27 heavy (non-hydrogen) atoms. The predicted molar refractivity (Wildman–Crippen MR) is 110 cm³/mol.